The van der Waals surface area contributed by atoms with Crippen LogP contribution in [-0.2, 0) is 14.8 Å². The van der Waals surface area contributed by atoms with E-state index in [0.717, 1.165) is 6.42 Å². The molecule has 6 nitrogen and oxygen atoms in total. The van der Waals surface area contributed by atoms with Gasteiger partial charge in [0.15, 0.2) is 0 Å². The number of hydrogen-bond donors (Lipinski definition) is 2. The highest BCUT2D eigenvalue weighted by Crippen LogP contribution is 2.11. The highest BCUT2D eigenvalue weighted by Gasteiger charge is 2.14. The standard InChI is InChI=1S/C15H24N2O4S/c1-4-12(2)17-15(18)13-6-8-14(9-7-13)22(19,20)16-10-5-11-21-3/h6-9,12,16H,4-5,10-11H2,1-3H3,(H,17,18). The summed E-state index contributed by atoms with van der Waals surface area (Å²) >= 11 is 0. The first-order valence-corrected chi connectivity index (χ1v) is 8.78. The summed E-state index contributed by atoms with van der Waals surface area (Å²) in [5, 5.41) is 2.83. The Bertz CT molecular complexity index is 570. The van der Waals surface area contributed by atoms with E-state index in [0.29, 0.717) is 25.1 Å². The van der Waals surface area contributed by atoms with Gasteiger partial charge in [0.1, 0.15) is 0 Å². The van der Waals surface area contributed by atoms with Crippen LogP contribution in [0.25, 0.3) is 0 Å². The molecule has 0 spiro atoms. The summed E-state index contributed by atoms with van der Waals surface area (Å²) < 4.78 is 31.5. The quantitative estimate of drug-likeness (QED) is 0.673. The molecule has 0 aliphatic rings. The molecule has 2 N–H and O–H groups in total. The molecule has 0 saturated carbocycles. The minimum Gasteiger partial charge on any atom is -0.385 e. The molecule has 0 aliphatic carbocycles. The van der Waals surface area contributed by atoms with E-state index in [1.807, 2.05) is 13.8 Å². The number of amides is 1. The molecule has 22 heavy (non-hydrogen) atoms. The molecule has 1 amide bonds. The number of sulfonamides is 1. The maximum atomic E-state index is 12.0. The minimum atomic E-state index is -3.55. The lowest BCUT2D eigenvalue weighted by Crippen LogP contribution is -2.32. The summed E-state index contributed by atoms with van der Waals surface area (Å²) in [6.07, 6.45) is 1.44. The van der Waals surface area contributed by atoms with Crippen LogP contribution < -0.4 is 10.0 Å². The number of hydrogen-bond acceptors (Lipinski definition) is 4. The molecule has 1 atom stereocenters. The fourth-order valence-corrected chi connectivity index (χ4v) is 2.78. The normalized spacial score (nSPS) is 12.9. The van der Waals surface area contributed by atoms with Gasteiger partial charge in [-0.3, -0.25) is 4.79 Å². The first-order chi connectivity index (χ1) is 10.4. The molecule has 7 heteroatoms. The van der Waals surface area contributed by atoms with Crippen LogP contribution >= 0.6 is 0 Å². The largest absolute Gasteiger partial charge is 0.385 e. The summed E-state index contributed by atoms with van der Waals surface area (Å²) in [6.45, 7) is 4.71. The van der Waals surface area contributed by atoms with Crippen LogP contribution in [-0.4, -0.2) is 40.6 Å². The number of ether oxygens (including phenoxy) is 1. The third-order valence-corrected chi connectivity index (χ3v) is 4.71. The second kappa shape index (κ2) is 8.87. The fraction of sp³-hybridized carbons (Fsp3) is 0.533. The van der Waals surface area contributed by atoms with Gasteiger partial charge in [0, 0.05) is 31.9 Å². The highest BCUT2D eigenvalue weighted by atomic mass is 32.2. The van der Waals surface area contributed by atoms with Crippen LogP contribution in [0.3, 0.4) is 0 Å². The van der Waals surface area contributed by atoms with Crippen molar-refractivity contribution in [3.8, 4) is 0 Å². The first-order valence-electron chi connectivity index (χ1n) is 7.30. The Morgan fingerprint density at radius 3 is 2.45 bits per heavy atom. The number of rotatable bonds is 9. The molecule has 0 aromatic heterocycles. The molecule has 0 fully saturated rings. The van der Waals surface area contributed by atoms with Gasteiger partial charge in [-0.05, 0) is 44.0 Å². The second-order valence-corrected chi connectivity index (χ2v) is 6.82. The van der Waals surface area contributed by atoms with E-state index in [9.17, 15) is 13.2 Å². The highest BCUT2D eigenvalue weighted by molar-refractivity contribution is 7.89. The van der Waals surface area contributed by atoms with Crippen molar-refractivity contribution >= 4 is 15.9 Å². The van der Waals surface area contributed by atoms with E-state index >= 15 is 0 Å². The molecular weight excluding hydrogens is 304 g/mol. The Hall–Kier alpha value is -1.44. The SMILES string of the molecule is CCC(C)NC(=O)c1ccc(S(=O)(=O)NCCCOC)cc1. The lowest BCUT2D eigenvalue weighted by atomic mass is 10.2. The van der Waals surface area contributed by atoms with Gasteiger partial charge in [0.05, 0.1) is 4.90 Å². The van der Waals surface area contributed by atoms with Crippen molar-refractivity contribution in [1.82, 2.24) is 10.0 Å². The van der Waals surface area contributed by atoms with Crippen molar-refractivity contribution in [2.24, 2.45) is 0 Å². The number of carbonyl (C=O) groups is 1. The molecule has 1 aromatic carbocycles. The predicted octanol–water partition coefficient (Wildman–Crippen LogP) is 1.53. The molecule has 1 rings (SSSR count). The Balaban J connectivity index is 2.69. The van der Waals surface area contributed by atoms with Crippen molar-refractivity contribution in [3.05, 3.63) is 29.8 Å². The van der Waals surface area contributed by atoms with Crippen molar-refractivity contribution < 1.29 is 17.9 Å². The van der Waals surface area contributed by atoms with E-state index in [1.54, 1.807) is 7.11 Å². The van der Waals surface area contributed by atoms with Gasteiger partial charge in [0.25, 0.3) is 5.91 Å². The van der Waals surface area contributed by atoms with Crippen LogP contribution in [0.5, 0.6) is 0 Å². The molecule has 1 unspecified atom stereocenters. The number of methoxy groups -OCH3 is 1. The van der Waals surface area contributed by atoms with Gasteiger partial charge in [-0.15, -0.1) is 0 Å². The van der Waals surface area contributed by atoms with Crippen LogP contribution in [0.4, 0.5) is 0 Å². The molecule has 0 saturated heterocycles. The van der Waals surface area contributed by atoms with Crippen molar-refractivity contribution in [1.29, 1.82) is 0 Å². The zero-order valence-electron chi connectivity index (χ0n) is 13.3. The van der Waals surface area contributed by atoms with E-state index in [4.69, 9.17) is 4.74 Å². The number of benzene rings is 1. The van der Waals surface area contributed by atoms with Crippen molar-refractivity contribution in [2.45, 2.75) is 37.6 Å². The average Bonchev–Trinajstić information content (AvgIpc) is 2.51. The third kappa shape index (κ3) is 5.75. The smallest absolute Gasteiger partial charge is 0.251 e. The van der Waals surface area contributed by atoms with Crippen LogP contribution in [0, 0.1) is 0 Å². The molecule has 0 aliphatic heterocycles. The maximum absolute atomic E-state index is 12.0. The molecule has 124 valence electrons. The van der Waals surface area contributed by atoms with Crippen molar-refractivity contribution in [2.75, 3.05) is 20.3 Å². The molecular formula is C15H24N2O4S. The second-order valence-electron chi connectivity index (χ2n) is 5.05. The number of nitrogens with one attached hydrogen (secondary N) is 2. The van der Waals surface area contributed by atoms with E-state index in [2.05, 4.69) is 10.0 Å². The topological polar surface area (TPSA) is 84.5 Å². The van der Waals surface area contributed by atoms with E-state index in [-0.39, 0.29) is 16.8 Å². The average molecular weight is 328 g/mol. The van der Waals surface area contributed by atoms with Gasteiger partial charge < -0.3 is 10.1 Å². The summed E-state index contributed by atoms with van der Waals surface area (Å²) in [7, 11) is -1.98. The summed E-state index contributed by atoms with van der Waals surface area (Å²) in [5.74, 6) is -0.202. The van der Waals surface area contributed by atoms with Gasteiger partial charge in [-0.25, -0.2) is 13.1 Å². The van der Waals surface area contributed by atoms with Gasteiger partial charge in [0.2, 0.25) is 10.0 Å². The zero-order chi connectivity index (χ0) is 16.6. The van der Waals surface area contributed by atoms with Crippen molar-refractivity contribution in [3.63, 3.8) is 0 Å². The Morgan fingerprint density at radius 1 is 1.27 bits per heavy atom. The summed E-state index contributed by atoms with van der Waals surface area (Å²) in [5.41, 5.74) is 0.443. The minimum absolute atomic E-state index is 0.0818. The fourth-order valence-electron chi connectivity index (χ4n) is 1.70. The van der Waals surface area contributed by atoms with Crippen LogP contribution in [0.2, 0.25) is 0 Å². The first kappa shape index (κ1) is 18.6. The lowest BCUT2D eigenvalue weighted by Gasteiger charge is -2.12. The van der Waals surface area contributed by atoms with E-state index < -0.39 is 10.0 Å². The monoisotopic (exact) mass is 328 g/mol. The zero-order valence-corrected chi connectivity index (χ0v) is 14.1. The van der Waals surface area contributed by atoms with Crippen LogP contribution in [0.1, 0.15) is 37.0 Å². The summed E-state index contributed by atoms with van der Waals surface area (Å²) in [4.78, 5) is 12.1. The van der Waals surface area contributed by atoms with Gasteiger partial charge in [-0.2, -0.15) is 0 Å². The molecule has 0 heterocycles. The molecule has 0 bridgehead atoms. The Labute approximate surface area is 132 Å². The Kier molecular flexibility index (Phi) is 7.50. The summed E-state index contributed by atoms with van der Waals surface area (Å²) in [6, 6.07) is 5.98. The lowest BCUT2D eigenvalue weighted by molar-refractivity contribution is 0.0939. The van der Waals surface area contributed by atoms with E-state index in [1.165, 1.54) is 24.3 Å². The number of carbonyl (C=O) groups excluding carboxylic acids is 1. The maximum Gasteiger partial charge on any atom is 0.251 e. The molecule has 1 aromatic rings. The van der Waals surface area contributed by atoms with Gasteiger partial charge >= 0.3 is 0 Å². The predicted molar refractivity (Wildman–Crippen MR) is 85.3 cm³/mol. The van der Waals surface area contributed by atoms with Crippen LogP contribution in [0.15, 0.2) is 29.2 Å². The third-order valence-electron chi connectivity index (χ3n) is 3.23. The Morgan fingerprint density at radius 2 is 1.91 bits per heavy atom. The molecule has 0 radical (unpaired) electrons. The van der Waals surface area contributed by atoms with Gasteiger partial charge in [-0.1, -0.05) is 6.92 Å².